The molecule has 0 unspecified atom stereocenters. The van der Waals surface area contributed by atoms with Gasteiger partial charge in [0.2, 0.25) is 11.8 Å². The van der Waals surface area contributed by atoms with Gasteiger partial charge in [-0.05, 0) is 43.2 Å². The van der Waals surface area contributed by atoms with Crippen molar-refractivity contribution in [1.82, 2.24) is 4.98 Å². The van der Waals surface area contributed by atoms with Crippen molar-refractivity contribution in [2.45, 2.75) is 13.8 Å². The summed E-state index contributed by atoms with van der Waals surface area (Å²) in [6, 6.07) is 6.88. The van der Waals surface area contributed by atoms with E-state index in [1.54, 1.807) is 12.1 Å². The summed E-state index contributed by atoms with van der Waals surface area (Å²) in [6.07, 6.45) is 1.39. The fourth-order valence-electron chi connectivity index (χ4n) is 1.62. The monoisotopic (exact) mass is 257 g/mol. The van der Waals surface area contributed by atoms with Crippen molar-refractivity contribution >= 4 is 11.6 Å². The Labute approximate surface area is 111 Å². The van der Waals surface area contributed by atoms with Crippen LogP contribution in [0.3, 0.4) is 0 Å². The van der Waals surface area contributed by atoms with Gasteiger partial charge in [-0.1, -0.05) is 0 Å². The molecule has 0 aliphatic heterocycles. The van der Waals surface area contributed by atoms with Crippen LogP contribution in [0.2, 0.25) is 0 Å². The first-order valence-electron chi connectivity index (χ1n) is 5.78. The van der Waals surface area contributed by atoms with Gasteiger partial charge in [-0.2, -0.15) is 0 Å². The molecule has 5 nitrogen and oxygen atoms in total. The van der Waals surface area contributed by atoms with E-state index in [9.17, 15) is 4.79 Å². The van der Waals surface area contributed by atoms with Crippen LogP contribution in [-0.2, 0) is 0 Å². The molecular weight excluding hydrogens is 242 g/mol. The average Bonchev–Trinajstić information content (AvgIpc) is 2.36. The largest absolute Gasteiger partial charge is 0.439 e. The lowest BCUT2D eigenvalue weighted by molar-refractivity contribution is 0.1000. The second kappa shape index (κ2) is 4.97. The van der Waals surface area contributed by atoms with Crippen molar-refractivity contribution in [2.24, 2.45) is 5.73 Å². The zero-order valence-corrected chi connectivity index (χ0v) is 10.8. The summed E-state index contributed by atoms with van der Waals surface area (Å²) >= 11 is 0. The van der Waals surface area contributed by atoms with Crippen LogP contribution >= 0.6 is 0 Å². The van der Waals surface area contributed by atoms with Gasteiger partial charge in [-0.3, -0.25) is 4.79 Å². The predicted octanol–water partition coefficient (Wildman–Crippen LogP) is 2.17. The fourth-order valence-corrected chi connectivity index (χ4v) is 1.62. The number of primary amides is 1. The molecule has 0 bridgehead atoms. The molecule has 0 aliphatic carbocycles. The first-order chi connectivity index (χ1) is 8.97. The molecule has 2 aromatic rings. The Morgan fingerprint density at radius 3 is 2.53 bits per heavy atom. The number of nitrogen functional groups attached to an aromatic ring is 1. The van der Waals surface area contributed by atoms with E-state index in [4.69, 9.17) is 16.2 Å². The molecule has 2 rings (SSSR count). The summed E-state index contributed by atoms with van der Waals surface area (Å²) in [5.74, 6) is 0.571. The quantitative estimate of drug-likeness (QED) is 0.824. The van der Waals surface area contributed by atoms with Crippen LogP contribution in [0.15, 0.2) is 30.5 Å². The third-order valence-electron chi connectivity index (χ3n) is 2.80. The van der Waals surface area contributed by atoms with Crippen LogP contribution in [0, 0.1) is 13.8 Å². The number of aryl methyl sites for hydroxylation is 2. The Bertz CT molecular complexity index is 621. The summed E-state index contributed by atoms with van der Waals surface area (Å²) in [4.78, 5) is 15.0. The molecule has 19 heavy (non-hydrogen) atoms. The second-order valence-corrected chi connectivity index (χ2v) is 4.33. The molecule has 0 fully saturated rings. The maximum absolute atomic E-state index is 10.9. The minimum absolute atomic E-state index is 0.345. The summed E-state index contributed by atoms with van der Waals surface area (Å²) in [6.45, 7) is 3.81. The van der Waals surface area contributed by atoms with Crippen LogP contribution in [0.4, 0.5) is 5.69 Å². The van der Waals surface area contributed by atoms with Crippen LogP contribution < -0.4 is 16.2 Å². The van der Waals surface area contributed by atoms with E-state index >= 15 is 0 Å². The lowest BCUT2D eigenvalue weighted by Gasteiger charge is -2.10. The zero-order valence-electron chi connectivity index (χ0n) is 10.8. The van der Waals surface area contributed by atoms with Crippen molar-refractivity contribution < 1.29 is 9.53 Å². The highest BCUT2D eigenvalue weighted by molar-refractivity contribution is 5.92. The van der Waals surface area contributed by atoms with E-state index in [0.29, 0.717) is 17.2 Å². The number of nitrogens with two attached hydrogens (primary N) is 2. The molecule has 1 aromatic heterocycles. The molecule has 0 radical (unpaired) electrons. The molecule has 0 saturated carbocycles. The first-order valence-corrected chi connectivity index (χ1v) is 5.78. The van der Waals surface area contributed by atoms with Gasteiger partial charge < -0.3 is 16.2 Å². The standard InChI is InChI=1S/C14H15N3O2/c1-8-6-12(9(2)5-11(8)15)19-13-4-3-10(7-17-13)14(16)18/h3-7H,15H2,1-2H3,(H2,16,18). The number of hydrogen-bond acceptors (Lipinski definition) is 4. The topological polar surface area (TPSA) is 91.2 Å². The number of aromatic nitrogens is 1. The van der Waals surface area contributed by atoms with Gasteiger partial charge in [-0.15, -0.1) is 0 Å². The van der Waals surface area contributed by atoms with E-state index in [-0.39, 0.29) is 0 Å². The van der Waals surface area contributed by atoms with E-state index in [2.05, 4.69) is 4.98 Å². The Morgan fingerprint density at radius 2 is 1.95 bits per heavy atom. The van der Waals surface area contributed by atoms with Crippen molar-refractivity contribution in [2.75, 3.05) is 5.73 Å². The molecule has 1 amide bonds. The van der Waals surface area contributed by atoms with Crippen LogP contribution in [0.25, 0.3) is 0 Å². The minimum Gasteiger partial charge on any atom is -0.439 e. The number of pyridine rings is 1. The predicted molar refractivity (Wildman–Crippen MR) is 73.2 cm³/mol. The van der Waals surface area contributed by atoms with Gasteiger partial charge >= 0.3 is 0 Å². The SMILES string of the molecule is Cc1cc(Oc2ccc(C(N)=O)cn2)c(C)cc1N. The molecule has 5 heteroatoms. The lowest BCUT2D eigenvalue weighted by Crippen LogP contribution is -2.10. The summed E-state index contributed by atoms with van der Waals surface area (Å²) in [7, 11) is 0. The molecule has 0 saturated heterocycles. The Balaban J connectivity index is 2.26. The van der Waals surface area contributed by atoms with E-state index in [1.165, 1.54) is 6.20 Å². The summed E-state index contributed by atoms with van der Waals surface area (Å²) in [5, 5.41) is 0. The van der Waals surface area contributed by atoms with Crippen LogP contribution in [0.1, 0.15) is 21.5 Å². The van der Waals surface area contributed by atoms with E-state index in [1.807, 2.05) is 26.0 Å². The van der Waals surface area contributed by atoms with Gasteiger partial charge in [0.15, 0.2) is 0 Å². The van der Waals surface area contributed by atoms with Gasteiger partial charge in [-0.25, -0.2) is 4.98 Å². The summed E-state index contributed by atoms with van der Waals surface area (Å²) < 4.78 is 5.66. The van der Waals surface area contributed by atoms with Crippen molar-refractivity contribution in [3.05, 3.63) is 47.2 Å². The number of carbonyl (C=O) groups is 1. The van der Waals surface area contributed by atoms with Gasteiger partial charge in [0, 0.05) is 18.0 Å². The molecule has 0 aliphatic rings. The first kappa shape index (κ1) is 12.9. The van der Waals surface area contributed by atoms with Gasteiger partial charge in [0.1, 0.15) is 5.75 Å². The summed E-state index contributed by atoms with van der Waals surface area (Å²) in [5.41, 5.74) is 13.9. The van der Waals surface area contributed by atoms with E-state index in [0.717, 1.165) is 16.8 Å². The molecule has 1 aromatic carbocycles. The average molecular weight is 257 g/mol. The Morgan fingerprint density at radius 1 is 1.21 bits per heavy atom. The number of rotatable bonds is 3. The Kier molecular flexibility index (Phi) is 3.37. The number of hydrogen-bond donors (Lipinski definition) is 2. The lowest BCUT2D eigenvalue weighted by atomic mass is 10.1. The maximum Gasteiger partial charge on any atom is 0.250 e. The molecule has 4 N–H and O–H groups in total. The third kappa shape index (κ3) is 2.82. The van der Waals surface area contributed by atoms with Crippen molar-refractivity contribution in [3.8, 4) is 11.6 Å². The Hall–Kier alpha value is -2.56. The number of carbonyl (C=O) groups excluding carboxylic acids is 1. The van der Waals surface area contributed by atoms with E-state index < -0.39 is 5.91 Å². The van der Waals surface area contributed by atoms with Crippen molar-refractivity contribution in [1.29, 1.82) is 0 Å². The van der Waals surface area contributed by atoms with Gasteiger partial charge in [0.05, 0.1) is 5.56 Å². The zero-order chi connectivity index (χ0) is 14.0. The smallest absolute Gasteiger partial charge is 0.250 e. The highest BCUT2D eigenvalue weighted by atomic mass is 16.5. The molecule has 0 atom stereocenters. The number of ether oxygens (including phenoxy) is 1. The molecule has 1 heterocycles. The number of nitrogens with zero attached hydrogens (tertiary/aromatic N) is 1. The van der Waals surface area contributed by atoms with Gasteiger partial charge in [0.25, 0.3) is 0 Å². The van der Waals surface area contributed by atoms with Crippen LogP contribution in [-0.4, -0.2) is 10.9 Å². The number of anilines is 1. The van der Waals surface area contributed by atoms with Crippen LogP contribution in [0.5, 0.6) is 11.6 Å². The number of benzene rings is 1. The highest BCUT2D eigenvalue weighted by Gasteiger charge is 2.07. The normalized spacial score (nSPS) is 10.2. The fraction of sp³-hybridized carbons (Fsp3) is 0.143. The van der Waals surface area contributed by atoms with Crippen molar-refractivity contribution in [3.63, 3.8) is 0 Å². The highest BCUT2D eigenvalue weighted by Crippen LogP contribution is 2.27. The molecular formula is C14H15N3O2. The number of amides is 1. The molecule has 0 spiro atoms. The minimum atomic E-state index is -0.515. The third-order valence-corrected chi connectivity index (χ3v) is 2.80. The second-order valence-electron chi connectivity index (χ2n) is 4.33. The maximum atomic E-state index is 10.9. The molecule has 98 valence electrons.